The molecule has 0 saturated carbocycles. The van der Waals surface area contributed by atoms with Crippen molar-refractivity contribution < 1.29 is 4.79 Å². The van der Waals surface area contributed by atoms with Gasteiger partial charge in [-0.05, 0) is 36.8 Å². The molecule has 0 fully saturated rings. The maximum absolute atomic E-state index is 12.1. The third-order valence-electron chi connectivity index (χ3n) is 2.40. The number of halogens is 3. The van der Waals surface area contributed by atoms with E-state index in [1.54, 1.807) is 30.5 Å². The molecule has 0 spiro atoms. The molecule has 6 heteroatoms. The van der Waals surface area contributed by atoms with E-state index in [2.05, 4.69) is 26.2 Å². The van der Waals surface area contributed by atoms with E-state index < -0.39 is 0 Å². The lowest BCUT2D eigenvalue weighted by atomic mass is 10.2. The molecule has 2 rings (SSSR count). The van der Waals surface area contributed by atoms with Gasteiger partial charge in [0.1, 0.15) is 0 Å². The van der Waals surface area contributed by atoms with Crippen LogP contribution in [-0.2, 0) is 0 Å². The number of anilines is 1. The first-order chi connectivity index (χ1) is 8.97. The van der Waals surface area contributed by atoms with Crippen molar-refractivity contribution in [2.75, 3.05) is 5.32 Å². The minimum absolute atomic E-state index is 0.241. The zero-order chi connectivity index (χ0) is 14.0. The second kappa shape index (κ2) is 5.90. The van der Waals surface area contributed by atoms with E-state index in [-0.39, 0.29) is 11.1 Å². The number of pyridine rings is 1. The largest absolute Gasteiger partial charge is 0.319 e. The first-order valence-corrected chi connectivity index (χ1v) is 6.91. The van der Waals surface area contributed by atoms with Gasteiger partial charge in [0.25, 0.3) is 5.91 Å². The van der Waals surface area contributed by atoms with Gasteiger partial charge in [-0.1, -0.05) is 39.1 Å². The minimum Gasteiger partial charge on any atom is -0.319 e. The van der Waals surface area contributed by atoms with Gasteiger partial charge in [-0.25, -0.2) is 4.98 Å². The lowest BCUT2D eigenvalue weighted by Crippen LogP contribution is -2.13. The van der Waals surface area contributed by atoms with Crippen LogP contribution >= 0.6 is 39.1 Å². The Balaban J connectivity index is 2.30. The van der Waals surface area contributed by atoms with Crippen molar-refractivity contribution in [3.8, 4) is 0 Å². The van der Waals surface area contributed by atoms with Gasteiger partial charge < -0.3 is 5.32 Å². The van der Waals surface area contributed by atoms with Crippen molar-refractivity contribution in [3.63, 3.8) is 0 Å². The van der Waals surface area contributed by atoms with Gasteiger partial charge in [-0.2, -0.15) is 0 Å². The number of benzene rings is 1. The average molecular weight is 360 g/mol. The van der Waals surface area contributed by atoms with Gasteiger partial charge in [-0.3, -0.25) is 4.79 Å². The molecule has 1 aromatic heterocycles. The first kappa shape index (κ1) is 14.3. The van der Waals surface area contributed by atoms with Crippen molar-refractivity contribution in [2.45, 2.75) is 6.92 Å². The number of aromatic nitrogens is 1. The van der Waals surface area contributed by atoms with Crippen LogP contribution in [0.5, 0.6) is 0 Å². The molecule has 0 bridgehead atoms. The van der Waals surface area contributed by atoms with Crippen LogP contribution in [0.4, 0.5) is 5.69 Å². The van der Waals surface area contributed by atoms with Crippen LogP contribution < -0.4 is 5.32 Å². The Morgan fingerprint density at radius 1 is 1.32 bits per heavy atom. The van der Waals surface area contributed by atoms with E-state index in [1.165, 1.54) is 0 Å². The average Bonchev–Trinajstić information content (AvgIpc) is 2.36. The number of hydrogen-bond acceptors (Lipinski definition) is 2. The molecule has 0 radical (unpaired) electrons. The summed E-state index contributed by atoms with van der Waals surface area (Å²) in [4.78, 5) is 16.1. The zero-order valence-electron chi connectivity index (χ0n) is 9.88. The third kappa shape index (κ3) is 3.47. The number of aryl methyl sites for hydroxylation is 1. The normalized spacial score (nSPS) is 10.3. The second-order valence-electron chi connectivity index (χ2n) is 3.93. The summed E-state index contributed by atoms with van der Waals surface area (Å²) in [7, 11) is 0. The van der Waals surface area contributed by atoms with Crippen LogP contribution in [0.25, 0.3) is 0 Å². The predicted octanol–water partition coefficient (Wildman–Crippen LogP) is 4.71. The fraction of sp³-hybridized carbons (Fsp3) is 0.0769. The van der Waals surface area contributed by atoms with Crippen molar-refractivity contribution >= 4 is 50.7 Å². The summed E-state index contributed by atoms with van der Waals surface area (Å²) in [6, 6.07) is 6.81. The summed E-state index contributed by atoms with van der Waals surface area (Å²) in [5.41, 5.74) is 1.73. The summed E-state index contributed by atoms with van der Waals surface area (Å²) < 4.78 is 0.774. The molecule has 98 valence electrons. The molecule has 1 heterocycles. The molecule has 0 unspecified atom stereocenters. The van der Waals surface area contributed by atoms with Crippen molar-refractivity contribution in [1.82, 2.24) is 4.98 Å². The summed E-state index contributed by atoms with van der Waals surface area (Å²) in [6.45, 7) is 1.87. The van der Waals surface area contributed by atoms with Gasteiger partial charge in [-0.15, -0.1) is 0 Å². The molecule has 3 nitrogen and oxygen atoms in total. The van der Waals surface area contributed by atoms with Gasteiger partial charge in [0, 0.05) is 10.7 Å². The number of nitrogens with one attached hydrogen (secondary N) is 1. The number of hydrogen-bond donors (Lipinski definition) is 1. The van der Waals surface area contributed by atoms with Crippen LogP contribution in [0.3, 0.4) is 0 Å². The van der Waals surface area contributed by atoms with Crippen LogP contribution in [0.15, 0.2) is 34.9 Å². The summed E-state index contributed by atoms with van der Waals surface area (Å²) >= 11 is 15.2. The van der Waals surface area contributed by atoms with Crippen LogP contribution in [0, 0.1) is 6.92 Å². The highest BCUT2D eigenvalue weighted by molar-refractivity contribution is 9.10. The van der Waals surface area contributed by atoms with Crippen molar-refractivity contribution in [1.29, 1.82) is 0 Å². The smallest absolute Gasteiger partial charge is 0.257 e. The monoisotopic (exact) mass is 358 g/mol. The van der Waals surface area contributed by atoms with Crippen LogP contribution in [-0.4, -0.2) is 10.9 Å². The Labute approximate surface area is 129 Å². The number of carbonyl (C=O) groups excluding carboxylic acids is 1. The Morgan fingerprint density at radius 3 is 2.79 bits per heavy atom. The Morgan fingerprint density at radius 2 is 2.05 bits per heavy atom. The maximum atomic E-state index is 12.1. The Kier molecular flexibility index (Phi) is 4.45. The molecule has 0 aliphatic carbocycles. The molecule has 1 aromatic carbocycles. The molecule has 2 aromatic rings. The topological polar surface area (TPSA) is 42.0 Å². The molecular formula is C13H9BrCl2N2O. The quantitative estimate of drug-likeness (QED) is 0.789. The molecule has 1 N–H and O–H groups in total. The fourth-order valence-corrected chi connectivity index (χ4v) is 2.22. The molecule has 0 aliphatic rings. The van der Waals surface area contributed by atoms with E-state index in [4.69, 9.17) is 23.2 Å². The number of rotatable bonds is 2. The number of amides is 1. The highest BCUT2D eigenvalue weighted by Crippen LogP contribution is 2.24. The number of nitrogens with zero attached hydrogens (tertiary/aromatic N) is 1. The minimum atomic E-state index is -0.333. The standard InChI is InChI=1S/C13H9BrCl2N2O/c1-7-4-11(12(16)17-6-7)18-13(19)9-5-8(14)2-3-10(9)15/h2-6H,1H3,(H,18,19). The predicted molar refractivity (Wildman–Crippen MR) is 81.1 cm³/mol. The Hall–Kier alpha value is -1.10. The zero-order valence-corrected chi connectivity index (χ0v) is 13.0. The lowest BCUT2D eigenvalue weighted by molar-refractivity contribution is 0.102. The molecule has 19 heavy (non-hydrogen) atoms. The second-order valence-corrected chi connectivity index (χ2v) is 5.61. The van der Waals surface area contributed by atoms with Crippen molar-refractivity contribution in [3.05, 3.63) is 56.2 Å². The highest BCUT2D eigenvalue weighted by atomic mass is 79.9. The van der Waals surface area contributed by atoms with Gasteiger partial charge >= 0.3 is 0 Å². The van der Waals surface area contributed by atoms with Crippen LogP contribution in [0.2, 0.25) is 10.2 Å². The molecular weight excluding hydrogens is 351 g/mol. The van der Waals surface area contributed by atoms with E-state index >= 15 is 0 Å². The van der Waals surface area contributed by atoms with Gasteiger partial charge in [0.15, 0.2) is 5.15 Å². The Bertz CT molecular complexity index is 647. The summed E-state index contributed by atoms with van der Waals surface area (Å²) in [5, 5.41) is 3.31. The van der Waals surface area contributed by atoms with Crippen LogP contribution in [0.1, 0.15) is 15.9 Å². The first-order valence-electron chi connectivity index (χ1n) is 5.36. The van der Waals surface area contributed by atoms with E-state index in [9.17, 15) is 4.79 Å². The maximum Gasteiger partial charge on any atom is 0.257 e. The van der Waals surface area contributed by atoms with E-state index in [0.717, 1.165) is 10.0 Å². The highest BCUT2D eigenvalue weighted by Gasteiger charge is 2.13. The lowest BCUT2D eigenvalue weighted by Gasteiger charge is -2.09. The summed E-state index contributed by atoms with van der Waals surface area (Å²) in [5.74, 6) is -0.333. The SMILES string of the molecule is Cc1cnc(Cl)c(NC(=O)c2cc(Br)ccc2Cl)c1. The van der Waals surface area contributed by atoms with Gasteiger partial charge in [0.2, 0.25) is 0 Å². The summed E-state index contributed by atoms with van der Waals surface area (Å²) in [6.07, 6.45) is 1.63. The van der Waals surface area contributed by atoms with E-state index in [0.29, 0.717) is 16.3 Å². The third-order valence-corrected chi connectivity index (χ3v) is 3.52. The van der Waals surface area contributed by atoms with E-state index in [1.807, 2.05) is 6.92 Å². The fourth-order valence-electron chi connectivity index (χ4n) is 1.50. The molecule has 0 saturated heterocycles. The molecule has 0 aliphatic heterocycles. The number of carbonyl (C=O) groups is 1. The van der Waals surface area contributed by atoms with Crippen molar-refractivity contribution in [2.24, 2.45) is 0 Å². The van der Waals surface area contributed by atoms with Gasteiger partial charge in [0.05, 0.1) is 16.3 Å². The molecule has 0 atom stereocenters. The molecule has 1 amide bonds.